The van der Waals surface area contributed by atoms with Gasteiger partial charge in [0.2, 0.25) is 5.95 Å². The number of thiophene rings is 1. The maximum absolute atomic E-state index is 11.5. The van der Waals surface area contributed by atoms with Gasteiger partial charge in [-0.2, -0.15) is 0 Å². The second-order valence-corrected chi connectivity index (χ2v) is 9.15. The minimum atomic E-state index is -0.664. The third-order valence-electron chi connectivity index (χ3n) is 5.58. The number of hydroxylamine groups is 1. The zero-order chi connectivity index (χ0) is 24.4. The largest absolute Gasteiger partial charge is 0.508 e. The molecule has 0 spiro atoms. The maximum atomic E-state index is 11.5. The van der Waals surface area contributed by atoms with Crippen LogP contribution >= 0.6 is 11.3 Å². The first kappa shape index (κ1) is 22.9. The van der Waals surface area contributed by atoms with Gasteiger partial charge in [0.25, 0.3) is 5.91 Å². The molecule has 12 heteroatoms. The van der Waals surface area contributed by atoms with E-state index in [1.165, 1.54) is 12.4 Å². The summed E-state index contributed by atoms with van der Waals surface area (Å²) < 4.78 is 6.52. The average Bonchev–Trinajstić information content (AvgIpc) is 3.31. The Balaban J connectivity index is 1.47. The fourth-order valence-corrected chi connectivity index (χ4v) is 4.94. The van der Waals surface area contributed by atoms with Crippen LogP contribution in [0.2, 0.25) is 0 Å². The molecule has 1 aliphatic heterocycles. The van der Waals surface area contributed by atoms with Crippen molar-refractivity contribution in [1.29, 1.82) is 0 Å². The summed E-state index contributed by atoms with van der Waals surface area (Å²) in [7, 11) is 1.86. The molecule has 4 aromatic rings. The molecule has 1 aliphatic rings. The van der Waals surface area contributed by atoms with Crippen LogP contribution in [-0.2, 0) is 11.3 Å². The Morgan fingerprint density at radius 1 is 1.17 bits per heavy atom. The van der Waals surface area contributed by atoms with Crippen LogP contribution in [0.3, 0.4) is 0 Å². The van der Waals surface area contributed by atoms with Gasteiger partial charge in [-0.05, 0) is 30.3 Å². The van der Waals surface area contributed by atoms with Gasteiger partial charge in [-0.3, -0.25) is 10.0 Å². The molecule has 1 aromatic carbocycles. The molecular formula is C23H23N7O4S. The summed E-state index contributed by atoms with van der Waals surface area (Å²) in [5.74, 6) is 1.44. The van der Waals surface area contributed by atoms with Crippen molar-refractivity contribution in [2.45, 2.75) is 6.54 Å². The molecule has 0 radical (unpaired) electrons. The number of carbonyl (C=O) groups is 1. The molecule has 5 rings (SSSR count). The summed E-state index contributed by atoms with van der Waals surface area (Å²) in [6.07, 6.45) is 2.72. The van der Waals surface area contributed by atoms with Crippen molar-refractivity contribution >= 4 is 39.2 Å². The van der Waals surface area contributed by atoms with E-state index in [1.807, 2.05) is 18.0 Å². The number of anilines is 2. The lowest BCUT2D eigenvalue weighted by molar-refractivity contribution is 0.0705. The van der Waals surface area contributed by atoms with E-state index in [2.05, 4.69) is 14.9 Å². The zero-order valence-electron chi connectivity index (χ0n) is 18.9. The van der Waals surface area contributed by atoms with E-state index in [-0.39, 0.29) is 11.3 Å². The van der Waals surface area contributed by atoms with E-state index in [1.54, 1.807) is 41.1 Å². The Labute approximate surface area is 204 Å². The number of hydrogen-bond donors (Lipinski definition) is 3. The lowest BCUT2D eigenvalue weighted by atomic mass is 10.2. The molecule has 11 nitrogen and oxygen atoms in total. The highest BCUT2D eigenvalue weighted by Gasteiger charge is 2.21. The van der Waals surface area contributed by atoms with Crippen molar-refractivity contribution in [2.24, 2.45) is 0 Å². The van der Waals surface area contributed by atoms with Crippen molar-refractivity contribution in [3.63, 3.8) is 0 Å². The first-order valence-electron chi connectivity index (χ1n) is 10.9. The minimum Gasteiger partial charge on any atom is -0.508 e. The zero-order valence-corrected chi connectivity index (χ0v) is 19.7. The molecule has 0 unspecified atom stereocenters. The van der Waals surface area contributed by atoms with Crippen molar-refractivity contribution in [2.75, 3.05) is 43.2 Å². The van der Waals surface area contributed by atoms with Gasteiger partial charge in [0.05, 0.1) is 35.5 Å². The smallest absolute Gasteiger partial charge is 0.277 e. The molecule has 3 aromatic heterocycles. The quantitative estimate of drug-likeness (QED) is 0.271. The number of ether oxygens (including phenoxy) is 1. The van der Waals surface area contributed by atoms with E-state index >= 15 is 0 Å². The van der Waals surface area contributed by atoms with E-state index < -0.39 is 5.91 Å². The number of aromatic nitrogens is 4. The molecule has 0 bridgehead atoms. The van der Waals surface area contributed by atoms with E-state index in [4.69, 9.17) is 19.9 Å². The second-order valence-electron chi connectivity index (χ2n) is 8.01. The average molecular weight is 494 g/mol. The van der Waals surface area contributed by atoms with Crippen molar-refractivity contribution in [1.82, 2.24) is 25.4 Å². The normalized spacial score (nSPS) is 13.7. The molecule has 0 atom stereocenters. The van der Waals surface area contributed by atoms with E-state index in [9.17, 15) is 9.90 Å². The van der Waals surface area contributed by atoms with Crippen LogP contribution in [0, 0.1) is 0 Å². The molecule has 1 amide bonds. The molecule has 1 saturated heterocycles. The first-order valence-corrected chi connectivity index (χ1v) is 11.7. The fourth-order valence-electron chi connectivity index (χ4n) is 3.78. The minimum absolute atomic E-state index is 0.165. The Bertz CT molecular complexity index is 1340. The Kier molecular flexibility index (Phi) is 6.40. The lowest BCUT2D eigenvalue weighted by Crippen LogP contribution is -2.36. The van der Waals surface area contributed by atoms with E-state index in [0.717, 1.165) is 39.6 Å². The number of benzene rings is 1. The Morgan fingerprint density at radius 2 is 1.89 bits per heavy atom. The van der Waals surface area contributed by atoms with Gasteiger partial charge in [0.1, 0.15) is 5.75 Å². The van der Waals surface area contributed by atoms with Gasteiger partial charge in [-0.15, -0.1) is 11.3 Å². The molecular weight excluding hydrogens is 470 g/mol. The number of nitrogens with zero attached hydrogens (tertiary/aromatic N) is 6. The van der Waals surface area contributed by atoms with Crippen LogP contribution < -0.4 is 15.3 Å². The van der Waals surface area contributed by atoms with Crippen LogP contribution in [0.4, 0.5) is 11.8 Å². The number of fused-ring (bicyclic) bond motifs is 1. The standard InChI is InChI=1S/C23H23N7O4S/c1-29(23-24-11-15(12-25-23)22(32)28-33)13-17-10-18-19(35-17)21(30-6-8-34-9-7-30)27-20(26-18)14-2-4-16(31)5-3-14/h2-5,10-12,31,33H,6-9,13H2,1H3,(H,28,32). The topological polar surface area (TPSA) is 137 Å². The Morgan fingerprint density at radius 3 is 2.57 bits per heavy atom. The fraction of sp³-hybridized carbons (Fsp3) is 0.261. The molecule has 180 valence electrons. The van der Waals surface area contributed by atoms with Gasteiger partial charge in [0.15, 0.2) is 11.6 Å². The second kappa shape index (κ2) is 9.78. The number of phenols is 1. The Hall–Kier alpha value is -3.87. The third kappa shape index (κ3) is 4.85. The molecule has 4 heterocycles. The summed E-state index contributed by atoms with van der Waals surface area (Å²) in [6.45, 7) is 3.31. The van der Waals surface area contributed by atoms with Crippen LogP contribution in [-0.4, -0.2) is 69.5 Å². The highest BCUT2D eigenvalue weighted by atomic mass is 32.1. The predicted octanol–water partition coefficient (Wildman–Crippen LogP) is 2.45. The SMILES string of the molecule is CN(Cc1cc2nc(-c3ccc(O)cc3)nc(N3CCOCC3)c2s1)c1ncc(C(=O)NO)cn1. The summed E-state index contributed by atoms with van der Waals surface area (Å²) in [6, 6.07) is 8.90. The predicted molar refractivity (Wildman–Crippen MR) is 131 cm³/mol. The molecule has 3 N–H and O–H groups in total. The van der Waals surface area contributed by atoms with Crippen LogP contribution in [0.1, 0.15) is 15.2 Å². The number of phenolic OH excluding ortho intramolecular Hbond substituents is 1. The highest BCUT2D eigenvalue weighted by Crippen LogP contribution is 2.35. The highest BCUT2D eigenvalue weighted by molar-refractivity contribution is 7.19. The molecule has 1 fully saturated rings. The monoisotopic (exact) mass is 493 g/mol. The van der Waals surface area contributed by atoms with Crippen LogP contribution in [0.25, 0.3) is 21.6 Å². The van der Waals surface area contributed by atoms with Crippen molar-refractivity contribution < 1.29 is 19.8 Å². The van der Waals surface area contributed by atoms with Gasteiger partial charge < -0.3 is 19.6 Å². The number of nitrogens with one attached hydrogen (secondary N) is 1. The lowest BCUT2D eigenvalue weighted by Gasteiger charge is -2.28. The maximum Gasteiger partial charge on any atom is 0.277 e. The van der Waals surface area contributed by atoms with Gasteiger partial charge in [-0.25, -0.2) is 25.4 Å². The first-order chi connectivity index (χ1) is 17.0. The number of morpholine rings is 1. The van der Waals surface area contributed by atoms with Gasteiger partial charge >= 0.3 is 0 Å². The van der Waals surface area contributed by atoms with Gasteiger partial charge in [-0.1, -0.05) is 0 Å². The third-order valence-corrected chi connectivity index (χ3v) is 6.68. The van der Waals surface area contributed by atoms with Crippen LogP contribution in [0.5, 0.6) is 5.75 Å². The van der Waals surface area contributed by atoms with E-state index in [0.29, 0.717) is 31.5 Å². The van der Waals surface area contributed by atoms with Gasteiger partial charge in [0, 0.05) is 43.0 Å². The molecule has 0 saturated carbocycles. The summed E-state index contributed by atoms with van der Waals surface area (Å²) >= 11 is 1.62. The molecule has 0 aliphatic carbocycles. The summed E-state index contributed by atoms with van der Waals surface area (Å²) in [5.41, 5.74) is 3.40. The number of carbonyl (C=O) groups excluding carboxylic acids is 1. The number of rotatable bonds is 6. The van der Waals surface area contributed by atoms with Crippen molar-refractivity contribution in [3.8, 4) is 17.1 Å². The number of aromatic hydroxyl groups is 1. The van der Waals surface area contributed by atoms with Crippen LogP contribution in [0.15, 0.2) is 42.7 Å². The number of hydrogen-bond acceptors (Lipinski definition) is 11. The van der Waals surface area contributed by atoms with Crippen molar-refractivity contribution in [3.05, 3.63) is 53.2 Å². The number of amides is 1. The summed E-state index contributed by atoms with van der Waals surface area (Å²) in [5, 5.41) is 18.4. The summed E-state index contributed by atoms with van der Waals surface area (Å²) in [4.78, 5) is 34.8. The molecule has 35 heavy (non-hydrogen) atoms.